The Hall–Kier alpha value is -0.540. The van der Waals surface area contributed by atoms with Crippen molar-refractivity contribution in [1.82, 2.24) is 5.16 Å². The summed E-state index contributed by atoms with van der Waals surface area (Å²) in [6.45, 7) is 0.458. The summed E-state index contributed by atoms with van der Waals surface area (Å²) in [5.41, 5.74) is 6.53. The summed E-state index contributed by atoms with van der Waals surface area (Å²) in [4.78, 5) is 0. The van der Waals surface area contributed by atoms with Gasteiger partial charge in [-0.1, -0.05) is 18.0 Å². The first-order valence-corrected chi connectivity index (χ1v) is 4.55. The van der Waals surface area contributed by atoms with Crippen molar-refractivity contribution in [3.8, 4) is 0 Å². The minimum atomic E-state index is 0. The molecule has 1 saturated carbocycles. The second kappa shape index (κ2) is 4.63. The summed E-state index contributed by atoms with van der Waals surface area (Å²) in [6.07, 6.45) is 5.18. The first kappa shape index (κ1) is 10.5. The molecule has 4 heteroatoms. The van der Waals surface area contributed by atoms with Gasteiger partial charge in [0.25, 0.3) is 0 Å². The lowest BCUT2D eigenvalue weighted by atomic mass is 10.0. The summed E-state index contributed by atoms with van der Waals surface area (Å²) in [5, 5.41) is 4.01. The minimum absolute atomic E-state index is 0. The first-order chi connectivity index (χ1) is 5.90. The Morgan fingerprint density at radius 1 is 1.46 bits per heavy atom. The van der Waals surface area contributed by atoms with Crippen molar-refractivity contribution in [3.05, 3.63) is 17.5 Å². The molecule has 1 aromatic heterocycles. The van der Waals surface area contributed by atoms with Gasteiger partial charge >= 0.3 is 0 Å². The van der Waals surface area contributed by atoms with Crippen molar-refractivity contribution in [2.75, 3.05) is 0 Å². The zero-order chi connectivity index (χ0) is 8.39. The van der Waals surface area contributed by atoms with Gasteiger partial charge in [-0.05, 0) is 12.8 Å². The van der Waals surface area contributed by atoms with Crippen molar-refractivity contribution in [2.45, 2.75) is 38.1 Å². The van der Waals surface area contributed by atoms with Gasteiger partial charge in [-0.15, -0.1) is 12.4 Å². The van der Waals surface area contributed by atoms with E-state index in [4.69, 9.17) is 10.3 Å². The maximum absolute atomic E-state index is 5.43. The number of nitrogens with zero attached hydrogens (tertiary/aromatic N) is 1. The monoisotopic (exact) mass is 202 g/mol. The maximum atomic E-state index is 5.43. The van der Waals surface area contributed by atoms with Gasteiger partial charge < -0.3 is 10.3 Å². The second-order valence-electron chi connectivity index (χ2n) is 3.40. The van der Waals surface area contributed by atoms with E-state index in [1.165, 1.54) is 25.7 Å². The highest BCUT2D eigenvalue weighted by molar-refractivity contribution is 5.85. The molecule has 2 N–H and O–H groups in total. The molecule has 1 aliphatic carbocycles. The molecule has 0 aromatic carbocycles. The number of aromatic nitrogens is 1. The zero-order valence-electron chi connectivity index (χ0n) is 7.53. The molecule has 74 valence electrons. The first-order valence-electron chi connectivity index (χ1n) is 4.55. The molecule has 0 atom stereocenters. The highest BCUT2D eigenvalue weighted by atomic mass is 35.5. The topological polar surface area (TPSA) is 52.0 Å². The maximum Gasteiger partial charge on any atom is 0.150 e. The van der Waals surface area contributed by atoms with Gasteiger partial charge in [-0.25, -0.2) is 0 Å². The lowest BCUT2D eigenvalue weighted by molar-refractivity contribution is 0.374. The van der Waals surface area contributed by atoms with Crippen molar-refractivity contribution in [1.29, 1.82) is 0 Å². The number of hydrogen-bond donors (Lipinski definition) is 1. The smallest absolute Gasteiger partial charge is 0.150 e. The van der Waals surface area contributed by atoms with E-state index in [0.717, 1.165) is 11.5 Å². The van der Waals surface area contributed by atoms with Crippen LogP contribution in [0.1, 0.15) is 43.1 Å². The van der Waals surface area contributed by atoms with Gasteiger partial charge in [-0.2, -0.15) is 0 Å². The minimum Gasteiger partial charge on any atom is -0.360 e. The van der Waals surface area contributed by atoms with E-state index >= 15 is 0 Å². The fourth-order valence-corrected chi connectivity index (χ4v) is 1.84. The van der Waals surface area contributed by atoms with Gasteiger partial charge in [0.15, 0.2) is 5.76 Å². The van der Waals surface area contributed by atoms with Gasteiger partial charge in [0, 0.05) is 12.0 Å². The van der Waals surface area contributed by atoms with Crippen molar-refractivity contribution >= 4 is 12.4 Å². The van der Waals surface area contributed by atoms with Crippen LogP contribution in [-0.2, 0) is 6.54 Å². The van der Waals surface area contributed by atoms with Crippen LogP contribution in [0.15, 0.2) is 10.6 Å². The molecule has 1 aliphatic rings. The largest absolute Gasteiger partial charge is 0.360 e. The summed E-state index contributed by atoms with van der Waals surface area (Å²) in [5.74, 6) is 1.44. The highest BCUT2D eigenvalue weighted by Crippen LogP contribution is 2.33. The van der Waals surface area contributed by atoms with E-state index in [1.807, 2.05) is 6.07 Å². The number of nitrogens with two attached hydrogens (primary N) is 1. The van der Waals surface area contributed by atoms with Crippen LogP contribution in [0.4, 0.5) is 0 Å². The Morgan fingerprint density at radius 2 is 2.15 bits per heavy atom. The molecule has 2 rings (SSSR count). The van der Waals surface area contributed by atoms with Crippen molar-refractivity contribution in [3.63, 3.8) is 0 Å². The van der Waals surface area contributed by atoms with Crippen LogP contribution in [-0.4, -0.2) is 5.16 Å². The van der Waals surface area contributed by atoms with Gasteiger partial charge in [0.2, 0.25) is 0 Å². The molecule has 0 spiro atoms. The Labute approximate surface area is 84.1 Å². The molecule has 0 bridgehead atoms. The van der Waals surface area contributed by atoms with Gasteiger partial charge in [0.05, 0.1) is 12.2 Å². The third kappa shape index (κ3) is 2.23. The Kier molecular flexibility index (Phi) is 3.75. The number of hydrogen-bond acceptors (Lipinski definition) is 3. The van der Waals surface area contributed by atoms with Crippen LogP contribution in [0.25, 0.3) is 0 Å². The van der Waals surface area contributed by atoms with Crippen LogP contribution in [0.3, 0.4) is 0 Å². The molecule has 0 amide bonds. The predicted molar refractivity (Wildman–Crippen MR) is 52.9 cm³/mol. The molecule has 1 aromatic rings. The van der Waals surface area contributed by atoms with Gasteiger partial charge in [-0.3, -0.25) is 0 Å². The number of rotatable bonds is 2. The highest BCUT2D eigenvalue weighted by Gasteiger charge is 2.20. The van der Waals surface area contributed by atoms with Gasteiger partial charge in [0.1, 0.15) is 0 Å². The average Bonchev–Trinajstić information content (AvgIpc) is 2.75. The normalized spacial score (nSPS) is 17.3. The fourth-order valence-electron chi connectivity index (χ4n) is 1.84. The third-order valence-electron chi connectivity index (χ3n) is 2.55. The summed E-state index contributed by atoms with van der Waals surface area (Å²) < 4.78 is 5.05. The van der Waals surface area contributed by atoms with Crippen LogP contribution in [0, 0.1) is 0 Å². The Balaban J connectivity index is 0.000000845. The zero-order valence-corrected chi connectivity index (χ0v) is 8.35. The lowest BCUT2D eigenvalue weighted by Gasteiger charge is -2.00. The van der Waals surface area contributed by atoms with E-state index in [0.29, 0.717) is 12.5 Å². The second-order valence-corrected chi connectivity index (χ2v) is 3.40. The van der Waals surface area contributed by atoms with Crippen LogP contribution >= 0.6 is 12.4 Å². The van der Waals surface area contributed by atoms with Crippen molar-refractivity contribution < 1.29 is 4.52 Å². The molecule has 3 nitrogen and oxygen atoms in total. The van der Waals surface area contributed by atoms with Crippen LogP contribution < -0.4 is 5.73 Å². The molecule has 0 unspecified atom stereocenters. The summed E-state index contributed by atoms with van der Waals surface area (Å²) in [6, 6.07) is 2.00. The molecule has 1 fully saturated rings. The average molecular weight is 203 g/mol. The lowest BCUT2D eigenvalue weighted by Crippen LogP contribution is -1.93. The molecular weight excluding hydrogens is 188 g/mol. The molecule has 0 saturated heterocycles. The Morgan fingerprint density at radius 3 is 2.69 bits per heavy atom. The summed E-state index contributed by atoms with van der Waals surface area (Å²) in [7, 11) is 0. The third-order valence-corrected chi connectivity index (χ3v) is 2.55. The van der Waals surface area contributed by atoms with Crippen LogP contribution in [0.5, 0.6) is 0 Å². The Bertz CT molecular complexity index is 256. The molecular formula is C9H15ClN2O. The van der Waals surface area contributed by atoms with E-state index in [9.17, 15) is 0 Å². The molecule has 0 aliphatic heterocycles. The molecule has 1 heterocycles. The predicted octanol–water partition coefficient (Wildman–Crippen LogP) is 2.21. The quantitative estimate of drug-likeness (QED) is 0.800. The van der Waals surface area contributed by atoms with E-state index in [-0.39, 0.29) is 12.4 Å². The van der Waals surface area contributed by atoms with E-state index in [1.54, 1.807) is 0 Å². The van der Waals surface area contributed by atoms with Crippen molar-refractivity contribution in [2.24, 2.45) is 5.73 Å². The van der Waals surface area contributed by atoms with Crippen LogP contribution in [0.2, 0.25) is 0 Å². The fraction of sp³-hybridized carbons (Fsp3) is 0.667. The molecule has 0 radical (unpaired) electrons. The van der Waals surface area contributed by atoms with E-state index < -0.39 is 0 Å². The SMILES string of the molecule is Cl.NCc1cc(C2CCCC2)no1. The van der Waals surface area contributed by atoms with E-state index in [2.05, 4.69) is 5.16 Å². The standard InChI is InChI=1S/C9H14N2O.ClH/c10-6-8-5-9(11-12-8)7-3-1-2-4-7;/h5,7H,1-4,6,10H2;1H. The molecule has 13 heavy (non-hydrogen) atoms. The number of halogens is 1. The summed E-state index contributed by atoms with van der Waals surface area (Å²) >= 11 is 0.